The molecule has 9 nitrogen and oxygen atoms in total. The van der Waals surface area contributed by atoms with E-state index in [1.807, 2.05) is 4.90 Å². The molecule has 1 heterocycles. The highest BCUT2D eigenvalue weighted by molar-refractivity contribution is 7.90. The minimum Gasteiger partial charge on any atom is -0.495 e. The summed E-state index contributed by atoms with van der Waals surface area (Å²) in [7, 11) is -5.40. The third-order valence-electron chi connectivity index (χ3n) is 5.04. The molecule has 11 heteroatoms. The summed E-state index contributed by atoms with van der Waals surface area (Å²) in [4.78, 5) is 16.5. The van der Waals surface area contributed by atoms with Crippen LogP contribution < -0.4 is 9.46 Å². The highest BCUT2D eigenvalue weighted by atomic mass is 32.2. The van der Waals surface area contributed by atoms with Crippen molar-refractivity contribution in [2.75, 3.05) is 51.8 Å². The molecule has 1 saturated carbocycles. The Morgan fingerprint density at radius 1 is 1.14 bits per heavy atom. The Bertz CT molecular complexity index is 965. The number of rotatable bonds is 8. The lowest BCUT2D eigenvalue weighted by molar-refractivity contribution is 0.0643. The van der Waals surface area contributed by atoms with Crippen molar-refractivity contribution < 1.29 is 26.4 Å². The molecule has 0 atom stereocenters. The van der Waals surface area contributed by atoms with Gasteiger partial charge in [-0.1, -0.05) is 0 Å². The molecule has 0 aromatic heterocycles. The molecular formula is C18H27N3O6S2. The van der Waals surface area contributed by atoms with Crippen LogP contribution in [0.2, 0.25) is 0 Å². The van der Waals surface area contributed by atoms with Gasteiger partial charge in [-0.2, -0.15) is 0 Å². The third-order valence-corrected chi connectivity index (χ3v) is 7.50. The predicted octanol–water partition coefficient (Wildman–Crippen LogP) is -0.0617. The first-order chi connectivity index (χ1) is 13.6. The van der Waals surface area contributed by atoms with Crippen molar-refractivity contribution in [1.29, 1.82) is 0 Å². The maximum atomic E-state index is 12.9. The van der Waals surface area contributed by atoms with Crippen LogP contribution in [0.5, 0.6) is 5.75 Å². The van der Waals surface area contributed by atoms with Crippen LogP contribution in [0.4, 0.5) is 0 Å². The summed E-state index contributed by atoms with van der Waals surface area (Å²) in [6, 6.07) is 4.37. The van der Waals surface area contributed by atoms with Gasteiger partial charge in [-0.3, -0.25) is 9.69 Å². The Labute approximate surface area is 172 Å². The van der Waals surface area contributed by atoms with Crippen molar-refractivity contribution in [3.05, 3.63) is 23.8 Å². The lowest BCUT2D eigenvalue weighted by atomic mass is 10.1. The van der Waals surface area contributed by atoms with Gasteiger partial charge in [-0.25, -0.2) is 21.6 Å². The van der Waals surface area contributed by atoms with E-state index in [4.69, 9.17) is 4.74 Å². The van der Waals surface area contributed by atoms with Gasteiger partial charge in [0.1, 0.15) is 20.5 Å². The number of benzene rings is 1. The first-order valence-corrected chi connectivity index (χ1v) is 13.0. The zero-order valence-electron chi connectivity index (χ0n) is 16.6. The van der Waals surface area contributed by atoms with E-state index in [1.165, 1.54) is 25.5 Å². The molecule has 1 saturated heterocycles. The van der Waals surface area contributed by atoms with Crippen LogP contribution >= 0.6 is 0 Å². The fourth-order valence-corrected chi connectivity index (χ4v) is 5.25. The molecule has 2 fully saturated rings. The van der Waals surface area contributed by atoms with Crippen LogP contribution in [0.15, 0.2) is 23.1 Å². The number of sulfone groups is 1. The summed E-state index contributed by atoms with van der Waals surface area (Å²) in [6.45, 7) is 2.50. The van der Waals surface area contributed by atoms with E-state index in [0.717, 1.165) is 12.8 Å². The molecule has 0 bridgehead atoms. The number of piperazine rings is 1. The Kier molecular flexibility index (Phi) is 6.51. The monoisotopic (exact) mass is 445 g/mol. The first kappa shape index (κ1) is 22.0. The number of hydrogen-bond acceptors (Lipinski definition) is 7. The predicted molar refractivity (Wildman–Crippen MR) is 108 cm³/mol. The average Bonchev–Trinajstić information content (AvgIpc) is 3.48. The summed E-state index contributed by atoms with van der Waals surface area (Å²) >= 11 is 0. The van der Waals surface area contributed by atoms with E-state index >= 15 is 0 Å². The van der Waals surface area contributed by atoms with Gasteiger partial charge < -0.3 is 9.64 Å². The molecule has 1 aromatic carbocycles. The normalized spacial score (nSPS) is 18.6. The van der Waals surface area contributed by atoms with E-state index in [0.29, 0.717) is 32.7 Å². The lowest BCUT2D eigenvalue weighted by Gasteiger charge is -2.34. The third kappa shape index (κ3) is 5.91. The highest BCUT2D eigenvalue weighted by Crippen LogP contribution is 2.28. The quantitative estimate of drug-likeness (QED) is 0.596. The summed E-state index contributed by atoms with van der Waals surface area (Å²) in [6.07, 6.45) is 2.83. The van der Waals surface area contributed by atoms with Crippen LogP contribution in [0.3, 0.4) is 0 Å². The molecule has 29 heavy (non-hydrogen) atoms. The van der Waals surface area contributed by atoms with Gasteiger partial charge >= 0.3 is 0 Å². The van der Waals surface area contributed by atoms with E-state index < -0.39 is 19.9 Å². The first-order valence-electron chi connectivity index (χ1n) is 9.49. The van der Waals surface area contributed by atoms with Crippen LogP contribution in [-0.2, 0) is 19.9 Å². The van der Waals surface area contributed by atoms with Crippen molar-refractivity contribution >= 4 is 25.8 Å². The standard InChI is InChI=1S/C18H27N3O6S2/c1-27-16-6-3-14(13-17(16)29(25,26)19-15-4-5-15)18(22)21-9-7-20(8-10-21)11-12-28(2,23)24/h3,6,13,15,19H,4-5,7-12H2,1-2H3. The molecule has 1 N–H and O–H groups in total. The Morgan fingerprint density at radius 3 is 2.34 bits per heavy atom. The van der Waals surface area contributed by atoms with Crippen molar-refractivity contribution in [2.45, 2.75) is 23.8 Å². The summed E-state index contributed by atoms with van der Waals surface area (Å²) in [5, 5.41) is 0. The van der Waals surface area contributed by atoms with Gasteiger partial charge in [0, 0.05) is 50.6 Å². The van der Waals surface area contributed by atoms with Crippen LogP contribution in [0.1, 0.15) is 23.2 Å². The number of carbonyl (C=O) groups is 1. The van der Waals surface area contributed by atoms with Crippen molar-refractivity contribution in [2.24, 2.45) is 0 Å². The van der Waals surface area contributed by atoms with E-state index in [2.05, 4.69) is 4.72 Å². The smallest absolute Gasteiger partial charge is 0.253 e. The molecule has 1 aliphatic heterocycles. The number of nitrogens with zero attached hydrogens (tertiary/aromatic N) is 2. The van der Waals surface area contributed by atoms with Crippen LogP contribution in [0, 0.1) is 0 Å². The lowest BCUT2D eigenvalue weighted by Crippen LogP contribution is -2.49. The fourth-order valence-electron chi connectivity index (χ4n) is 3.16. The molecular weight excluding hydrogens is 418 g/mol. The Hall–Kier alpha value is -1.69. The van der Waals surface area contributed by atoms with Crippen LogP contribution in [-0.4, -0.2) is 90.4 Å². The van der Waals surface area contributed by atoms with Gasteiger partial charge in [-0.05, 0) is 31.0 Å². The number of sulfonamides is 1. The van der Waals surface area contributed by atoms with Gasteiger partial charge in [0.05, 0.1) is 12.9 Å². The van der Waals surface area contributed by atoms with Gasteiger partial charge in [0.2, 0.25) is 10.0 Å². The largest absolute Gasteiger partial charge is 0.495 e. The number of nitrogens with one attached hydrogen (secondary N) is 1. The zero-order chi connectivity index (χ0) is 21.2. The van der Waals surface area contributed by atoms with Crippen molar-refractivity contribution in [3.63, 3.8) is 0 Å². The molecule has 0 unspecified atom stereocenters. The second-order valence-electron chi connectivity index (χ2n) is 7.52. The Balaban J connectivity index is 1.69. The molecule has 0 spiro atoms. The number of amides is 1. The minimum absolute atomic E-state index is 0.0375. The average molecular weight is 446 g/mol. The Morgan fingerprint density at radius 2 is 1.79 bits per heavy atom. The van der Waals surface area contributed by atoms with E-state index in [9.17, 15) is 21.6 Å². The SMILES string of the molecule is COc1ccc(C(=O)N2CCN(CCS(C)(=O)=O)CC2)cc1S(=O)(=O)NC1CC1. The van der Waals surface area contributed by atoms with Gasteiger partial charge in [0.25, 0.3) is 5.91 Å². The second kappa shape index (κ2) is 8.58. The maximum absolute atomic E-state index is 12.9. The minimum atomic E-state index is -3.77. The number of ether oxygens (including phenoxy) is 1. The fraction of sp³-hybridized carbons (Fsp3) is 0.611. The molecule has 2 aliphatic rings. The number of methoxy groups -OCH3 is 1. The summed E-state index contributed by atoms with van der Waals surface area (Å²) < 4.78 is 55.7. The van der Waals surface area contributed by atoms with Gasteiger partial charge in [0.15, 0.2) is 0 Å². The molecule has 3 rings (SSSR count). The van der Waals surface area contributed by atoms with Crippen molar-refractivity contribution in [1.82, 2.24) is 14.5 Å². The molecule has 162 valence electrons. The number of hydrogen-bond donors (Lipinski definition) is 1. The van der Waals surface area contributed by atoms with E-state index in [-0.39, 0.29) is 33.9 Å². The topological polar surface area (TPSA) is 113 Å². The number of carbonyl (C=O) groups excluding carboxylic acids is 1. The van der Waals surface area contributed by atoms with Crippen LogP contribution in [0.25, 0.3) is 0 Å². The zero-order valence-corrected chi connectivity index (χ0v) is 18.3. The molecule has 1 amide bonds. The summed E-state index contributed by atoms with van der Waals surface area (Å²) in [5.41, 5.74) is 0.284. The summed E-state index contributed by atoms with van der Waals surface area (Å²) in [5.74, 6) is 0.0350. The molecule has 1 aliphatic carbocycles. The van der Waals surface area contributed by atoms with Crippen molar-refractivity contribution in [3.8, 4) is 5.75 Å². The van der Waals surface area contributed by atoms with E-state index in [1.54, 1.807) is 11.0 Å². The molecule has 0 radical (unpaired) electrons. The molecule has 1 aromatic rings. The highest BCUT2D eigenvalue weighted by Gasteiger charge is 2.31. The maximum Gasteiger partial charge on any atom is 0.253 e. The second-order valence-corrected chi connectivity index (χ2v) is 11.5. The van der Waals surface area contributed by atoms with Gasteiger partial charge in [-0.15, -0.1) is 0 Å².